The van der Waals surface area contributed by atoms with E-state index in [0.29, 0.717) is 13.0 Å². The zero-order chi connectivity index (χ0) is 17.2. The van der Waals surface area contributed by atoms with Gasteiger partial charge >= 0.3 is 0 Å². The minimum absolute atomic E-state index is 0.0237. The number of nitrogens with zero attached hydrogens (tertiary/aromatic N) is 1. The topological polar surface area (TPSA) is 78.5 Å². The van der Waals surface area contributed by atoms with Crippen molar-refractivity contribution in [1.29, 1.82) is 0 Å². The molecule has 128 valence electrons. The van der Waals surface area contributed by atoms with Crippen LogP contribution in [-0.4, -0.2) is 39.5 Å². The smallest absolute Gasteiger partial charge is 0.240 e. The lowest BCUT2D eigenvalue weighted by Gasteiger charge is -2.20. The number of carbonyl (C=O) groups excluding carboxylic acids is 1. The highest BCUT2D eigenvalue weighted by atomic mass is 32.2. The van der Waals surface area contributed by atoms with E-state index < -0.39 is 10.0 Å². The summed E-state index contributed by atoms with van der Waals surface area (Å²) in [4.78, 5) is 13.7. The van der Waals surface area contributed by atoms with Crippen LogP contribution in [0.25, 0.3) is 0 Å². The maximum absolute atomic E-state index is 12.4. The lowest BCUT2D eigenvalue weighted by Crippen LogP contribution is -2.38. The van der Waals surface area contributed by atoms with Crippen molar-refractivity contribution < 1.29 is 13.2 Å². The monoisotopic (exact) mass is 339 g/mol. The summed E-state index contributed by atoms with van der Waals surface area (Å²) in [5, 5.41) is 3.16. The number of anilines is 1. The zero-order valence-corrected chi connectivity index (χ0v) is 14.9. The van der Waals surface area contributed by atoms with E-state index in [0.717, 1.165) is 17.8 Å². The number of rotatable bonds is 6. The third-order valence-electron chi connectivity index (χ3n) is 4.05. The molecule has 0 radical (unpaired) electrons. The Labute approximate surface area is 138 Å². The molecule has 0 aromatic heterocycles. The first-order chi connectivity index (χ1) is 10.8. The summed E-state index contributed by atoms with van der Waals surface area (Å²) >= 11 is 0. The van der Waals surface area contributed by atoms with Gasteiger partial charge in [-0.3, -0.25) is 4.79 Å². The van der Waals surface area contributed by atoms with Gasteiger partial charge in [-0.15, -0.1) is 0 Å². The molecule has 6 nitrogen and oxygen atoms in total. The second kappa shape index (κ2) is 6.98. The highest BCUT2D eigenvalue weighted by molar-refractivity contribution is 7.89. The van der Waals surface area contributed by atoms with Gasteiger partial charge in [0, 0.05) is 31.2 Å². The Morgan fingerprint density at radius 1 is 1.43 bits per heavy atom. The van der Waals surface area contributed by atoms with Crippen molar-refractivity contribution in [3.8, 4) is 0 Å². The Hall–Kier alpha value is -1.44. The Balaban J connectivity index is 2.19. The standard InChI is InChI=1S/C16H25N3O3S/c1-5-17-11(2)10-18-23(21,22)15-6-7-16-14(9-15)8-12(3)19(16)13(4)20/h6-7,9,11-12,17-18H,5,8,10H2,1-4H3/t11-,12?/m1/s1. The number of hydrogen-bond donors (Lipinski definition) is 2. The van der Waals surface area contributed by atoms with E-state index >= 15 is 0 Å². The van der Waals surface area contributed by atoms with Crippen LogP contribution >= 0.6 is 0 Å². The fourth-order valence-electron chi connectivity index (χ4n) is 2.99. The second-order valence-electron chi connectivity index (χ2n) is 6.04. The van der Waals surface area contributed by atoms with Gasteiger partial charge in [0.05, 0.1) is 4.90 Å². The lowest BCUT2D eigenvalue weighted by atomic mass is 10.1. The predicted octanol–water partition coefficient (Wildman–Crippen LogP) is 1.26. The van der Waals surface area contributed by atoms with Gasteiger partial charge in [-0.25, -0.2) is 13.1 Å². The number of fused-ring (bicyclic) bond motifs is 1. The summed E-state index contributed by atoms with van der Waals surface area (Å²) in [6.07, 6.45) is 0.673. The molecule has 1 unspecified atom stereocenters. The van der Waals surface area contributed by atoms with E-state index in [1.54, 1.807) is 23.1 Å². The van der Waals surface area contributed by atoms with Gasteiger partial charge in [-0.05, 0) is 50.6 Å². The highest BCUT2D eigenvalue weighted by Crippen LogP contribution is 2.33. The van der Waals surface area contributed by atoms with Crippen LogP contribution in [-0.2, 0) is 21.2 Å². The molecule has 0 aliphatic carbocycles. The number of hydrogen-bond acceptors (Lipinski definition) is 4. The van der Waals surface area contributed by atoms with Gasteiger partial charge in [0.1, 0.15) is 0 Å². The summed E-state index contributed by atoms with van der Waals surface area (Å²) in [6, 6.07) is 5.09. The fourth-order valence-corrected chi connectivity index (χ4v) is 4.17. The molecule has 2 atom stereocenters. The van der Waals surface area contributed by atoms with E-state index in [2.05, 4.69) is 10.0 Å². The summed E-state index contributed by atoms with van der Waals surface area (Å²) in [6.45, 7) is 8.53. The maximum Gasteiger partial charge on any atom is 0.240 e. The molecular weight excluding hydrogens is 314 g/mol. The minimum atomic E-state index is -3.54. The van der Waals surface area contributed by atoms with Gasteiger partial charge in [-0.2, -0.15) is 0 Å². The fraction of sp³-hybridized carbons (Fsp3) is 0.562. The Bertz CT molecular complexity index is 688. The molecule has 2 rings (SSSR count). The molecule has 1 aliphatic rings. The molecule has 0 spiro atoms. The normalized spacial score (nSPS) is 18.8. The van der Waals surface area contributed by atoms with Gasteiger partial charge in [0.15, 0.2) is 0 Å². The largest absolute Gasteiger partial charge is 0.313 e. The van der Waals surface area contributed by atoms with Crippen LogP contribution in [0.15, 0.2) is 23.1 Å². The molecule has 2 N–H and O–H groups in total. The zero-order valence-electron chi connectivity index (χ0n) is 14.1. The first-order valence-corrected chi connectivity index (χ1v) is 9.40. The van der Waals surface area contributed by atoms with Crippen molar-refractivity contribution in [3.05, 3.63) is 23.8 Å². The van der Waals surface area contributed by atoms with Crippen LogP contribution in [0.4, 0.5) is 5.69 Å². The number of amides is 1. The van der Waals surface area contributed by atoms with Crippen molar-refractivity contribution >= 4 is 21.6 Å². The second-order valence-corrected chi connectivity index (χ2v) is 7.81. The third kappa shape index (κ3) is 3.91. The van der Waals surface area contributed by atoms with E-state index in [4.69, 9.17) is 0 Å². The molecule has 23 heavy (non-hydrogen) atoms. The molecule has 0 fully saturated rings. The first-order valence-electron chi connectivity index (χ1n) is 7.92. The molecular formula is C16H25N3O3S. The minimum Gasteiger partial charge on any atom is -0.313 e. The van der Waals surface area contributed by atoms with E-state index in [1.165, 1.54) is 6.92 Å². The number of benzene rings is 1. The van der Waals surface area contributed by atoms with Crippen LogP contribution in [0.3, 0.4) is 0 Å². The molecule has 1 aromatic carbocycles. The molecule has 7 heteroatoms. The molecule has 1 aromatic rings. The summed E-state index contributed by atoms with van der Waals surface area (Å²) in [5.41, 5.74) is 1.71. The van der Waals surface area contributed by atoms with Crippen LogP contribution in [0.2, 0.25) is 0 Å². The van der Waals surface area contributed by atoms with Crippen LogP contribution in [0.1, 0.15) is 33.3 Å². The van der Waals surface area contributed by atoms with Gasteiger partial charge in [0.25, 0.3) is 0 Å². The summed E-state index contributed by atoms with van der Waals surface area (Å²) in [5.74, 6) is -0.0237. The van der Waals surface area contributed by atoms with E-state index in [-0.39, 0.29) is 22.9 Å². The average Bonchev–Trinajstić information content (AvgIpc) is 2.80. The molecule has 0 saturated carbocycles. The van der Waals surface area contributed by atoms with Gasteiger partial charge in [0.2, 0.25) is 15.9 Å². The van der Waals surface area contributed by atoms with Crippen LogP contribution in [0, 0.1) is 0 Å². The van der Waals surface area contributed by atoms with E-state index in [1.807, 2.05) is 20.8 Å². The Kier molecular flexibility index (Phi) is 5.44. The summed E-state index contributed by atoms with van der Waals surface area (Å²) < 4.78 is 27.5. The third-order valence-corrected chi connectivity index (χ3v) is 5.47. The molecule has 0 saturated heterocycles. The van der Waals surface area contributed by atoms with Crippen molar-refractivity contribution in [2.45, 2.75) is 51.1 Å². The van der Waals surface area contributed by atoms with E-state index in [9.17, 15) is 13.2 Å². The van der Waals surface area contributed by atoms with Gasteiger partial charge in [-0.1, -0.05) is 6.92 Å². The van der Waals surface area contributed by atoms with Gasteiger partial charge < -0.3 is 10.2 Å². The Morgan fingerprint density at radius 3 is 2.74 bits per heavy atom. The van der Waals surface area contributed by atoms with Crippen LogP contribution in [0.5, 0.6) is 0 Å². The molecule has 1 heterocycles. The number of nitrogens with one attached hydrogen (secondary N) is 2. The van der Waals surface area contributed by atoms with Crippen molar-refractivity contribution in [2.24, 2.45) is 0 Å². The number of carbonyl (C=O) groups is 1. The van der Waals surface area contributed by atoms with Crippen molar-refractivity contribution in [2.75, 3.05) is 18.0 Å². The first kappa shape index (κ1) is 17.9. The maximum atomic E-state index is 12.4. The van der Waals surface area contributed by atoms with Crippen molar-refractivity contribution in [1.82, 2.24) is 10.0 Å². The quantitative estimate of drug-likeness (QED) is 0.818. The average molecular weight is 339 g/mol. The lowest BCUT2D eigenvalue weighted by molar-refractivity contribution is -0.116. The number of sulfonamides is 1. The number of likely N-dealkylation sites (N-methyl/N-ethyl adjacent to an activating group) is 1. The molecule has 1 amide bonds. The summed E-state index contributed by atoms with van der Waals surface area (Å²) in [7, 11) is -3.54. The van der Waals surface area contributed by atoms with Crippen molar-refractivity contribution in [3.63, 3.8) is 0 Å². The predicted molar refractivity (Wildman–Crippen MR) is 91.1 cm³/mol. The molecule has 0 bridgehead atoms. The SMILES string of the molecule is CCN[C@H](C)CNS(=O)(=O)c1ccc2c(c1)CC(C)N2C(C)=O. The highest BCUT2D eigenvalue weighted by Gasteiger charge is 2.30. The Morgan fingerprint density at radius 2 is 2.13 bits per heavy atom. The van der Waals surface area contributed by atoms with Crippen LogP contribution < -0.4 is 14.9 Å². The molecule has 1 aliphatic heterocycles.